The molecule has 2 aromatic carbocycles. The van der Waals surface area contributed by atoms with E-state index >= 15 is 0 Å². The summed E-state index contributed by atoms with van der Waals surface area (Å²) in [6, 6.07) is 23.9. The number of aromatic amines is 1. The van der Waals surface area contributed by atoms with Crippen molar-refractivity contribution in [2.45, 2.75) is 38.8 Å². The molecular formula is C23H26N2O2. The largest absolute Gasteiger partial charge is 0.445 e. The van der Waals surface area contributed by atoms with Crippen LogP contribution in [0.15, 0.2) is 72.8 Å². The number of hydrogen-bond acceptors (Lipinski definition) is 2. The molecule has 4 nitrogen and oxygen atoms in total. The molecule has 1 aromatic heterocycles. The minimum Gasteiger partial charge on any atom is -0.445 e. The lowest BCUT2D eigenvalue weighted by molar-refractivity contribution is 0.134. The van der Waals surface area contributed by atoms with Gasteiger partial charge in [0, 0.05) is 11.4 Å². The second-order valence-corrected chi connectivity index (χ2v) is 6.59. The maximum absolute atomic E-state index is 12.3. The van der Waals surface area contributed by atoms with Crippen molar-refractivity contribution in [3.63, 3.8) is 0 Å². The molecule has 4 heteroatoms. The average molecular weight is 362 g/mol. The Morgan fingerprint density at radius 2 is 1.70 bits per heavy atom. The minimum absolute atomic E-state index is 0.0920. The van der Waals surface area contributed by atoms with Gasteiger partial charge in [-0.25, -0.2) is 4.79 Å². The van der Waals surface area contributed by atoms with Gasteiger partial charge in [0.1, 0.15) is 6.61 Å². The number of aromatic nitrogens is 1. The number of ether oxygens (including phenoxy) is 1. The summed E-state index contributed by atoms with van der Waals surface area (Å²) in [6.07, 6.45) is 2.58. The van der Waals surface area contributed by atoms with Gasteiger partial charge < -0.3 is 15.0 Å². The number of hydrogen-bond donors (Lipinski definition) is 2. The van der Waals surface area contributed by atoms with Crippen LogP contribution in [-0.4, -0.2) is 11.1 Å². The number of alkyl carbamates (subject to hydrolysis) is 1. The van der Waals surface area contributed by atoms with Crippen molar-refractivity contribution in [3.8, 4) is 11.3 Å². The average Bonchev–Trinajstić information content (AvgIpc) is 3.21. The molecule has 0 spiro atoms. The van der Waals surface area contributed by atoms with Gasteiger partial charge in [-0.15, -0.1) is 0 Å². The number of H-pyrrole nitrogens is 1. The van der Waals surface area contributed by atoms with Gasteiger partial charge in [-0.3, -0.25) is 0 Å². The molecule has 1 heterocycles. The number of unbranched alkanes of at least 4 members (excludes halogenated alkanes) is 1. The maximum atomic E-state index is 12.3. The first-order valence-corrected chi connectivity index (χ1v) is 9.48. The predicted molar refractivity (Wildman–Crippen MR) is 108 cm³/mol. The van der Waals surface area contributed by atoms with Gasteiger partial charge in [-0.1, -0.05) is 80.4 Å². The Kier molecular flexibility index (Phi) is 6.69. The van der Waals surface area contributed by atoms with Crippen LogP contribution in [0.2, 0.25) is 0 Å². The van der Waals surface area contributed by atoms with Crippen molar-refractivity contribution in [1.29, 1.82) is 0 Å². The highest BCUT2D eigenvalue weighted by Gasteiger charge is 2.17. The zero-order valence-corrected chi connectivity index (χ0v) is 15.7. The van der Waals surface area contributed by atoms with Crippen molar-refractivity contribution in [2.75, 3.05) is 0 Å². The fourth-order valence-corrected chi connectivity index (χ4v) is 3.02. The summed E-state index contributed by atoms with van der Waals surface area (Å²) in [7, 11) is 0. The standard InChI is InChI=1S/C23H26N2O2/c1-2-3-14-21(25-23(26)27-17-18-10-6-4-7-11-18)22-16-15-20(24-22)19-12-8-5-9-13-19/h4-13,15-16,21,24H,2-3,14,17H2,1H3,(H,25,26)/t21-/m0/s1. The summed E-state index contributed by atoms with van der Waals surface area (Å²) in [6.45, 7) is 2.42. The van der Waals surface area contributed by atoms with Crippen molar-refractivity contribution < 1.29 is 9.53 Å². The molecule has 140 valence electrons. The molecule has 0 radical (unpaired) electrons. The van der Waals surface area contributed by atoms with E-state index in [0.29, 0.717) is 0 Å². The summed E-state index contributed by atoms with van der Waals surface area (Å²) in [5.74, 6) is 0. The van der Waals surface area contributed by atoms with E-state index in [4.69, 9.17) is 4.74 Å². The molecule has 0 aliphatic heterocycles. The van der Waals surface area contributed by atoms with E-state index in [-0.39, 0.29) is 12.6 Å². The van der Waals surface area contributed by atoms with Gasteiger partial charge in [0.2, 0.25) is 0 Å². The topological polar surface area (TPSA) is 54.1 Å². The molecule has 1 amide bonds. The van der Waals surface area contributed by atoms with Crippen LogP contribution in [0.3, 0.4) is 0 Å². The molecular weight excluding hydrogens is 336 g/mol. The highest BCUT2D eigenvalue weighted by molar-refractivity contribution is 5.68. The molecule has 27 heavy (non-hydrogen) atoms. The second kappa shape index (κ2) is 9.62. The Hall–Kier alpha value is -3.01. The quantitative estimate of drug-likeness (QED) is 0.529. The second-order valence-electron chi connectivity index (χ2n) is 6.59. The molecule has 0 aliphatic carbocycles. The normalized spacial score (nSPS) is 11.7. The lowest BCUT2D eigenvalue weighted by atomic mass is 10.1. The van der Waals surface area contributed by atoms with E-state index in [2.05, 4.69) is 35.4 Å². The van der Waals surface area contributed by atoms with E-state index in [9.17, 15) is 4.79 Å². The van der Waals surface area contributed by atoms with Gasteiger partial charge in [0.05, 0.1) is 6.04 Å². The zero-order chi connectivity index (χ0) is 18.9. The molecule has 0 saturated carbocycles. The number of amides is 1. The van der Waals surface area contributed by atoms with E-state index in [1.807, 2.05) is 54.6 Å². The fourth-order valence-electron chi connectivity index (χ4n) is 3.02. The van der Waals surface area contributed by atoms with Gasteiger partial charge in [-0.05, 0) is 29.7 Å². The van der Waals surface area contributed by atoms with Gasteiger partial charge >= 0.3 is 6.09 Å². The van der Waals surface area contributed by atoms with Crippen molar-refractivity contribution >= 4 is 6.09 Å². The predicted octanol–water partition coefficient (Wildman–Crippen LogP) is 5.84. The number of rotatable bonds is 8. The fraction of sp³-hybridized carbons (Fsp3) is 0.261. The third-order valence-electron chi connectivity index (χ3n) is 4.52. The summed E-state index contributed by atoms with van der Waals surface area (Å²) in [4.78, 5) is 15.7. The van der Waals surface area contributed by atoms with Crippen molar-refractivity contribution in [3.05, 3.63) is 84.1 Å². The first-order valence-electron chi connectivity index (χ1n) is 9.48. The van der Waals surface area contributed by atoms with E-state index in [1.54, 1.807) is 0 Å². The third kappa shape index (κ3) is 5.48. The summed E-state index contributed by atoms with van der Waals surface area (Å²) >= 11 is 0. The molecule has 0 fully saturated rings. The van der Waals surface area contributed by atoms with Crippen LogP contribution in [0.4, 0.5) is 4.79 Å². The summed E-state index contributed by atoms with van der Waals surface area (Å²) in [5.41, 5.74) is 4.15. The molecule has 3 rings (SSSR count). The number of nitrogens with one attached hydrogen (secondary N) is 2. The van der Waals surface area contributed by atoms with Crippen LogP contribution in [0, 0.1) is 0 Å². The number of carbonyl (C=O) groups excluding carboxylic acids is 1. The number of benzene rings is 2. The van der Waals surface area contributed by atoms with Crippen molar-refractivity contribution in [1.82, 2.24) is 10.3 Å². The SMILES string of the molecule is CCCC[C@H](NC(=O)OCc1ccccc1)c1ccc(-c2ccccc2)[nH]1. The lowest BCUT2D eigenvalue weighted by Gasteiger charge is -2.17. The Labute approximate surface area is 160 Å². The molecule has 0 unspecified atom stereocenters. The van der Waals surface area contributed by atoms with Crippen LogP contribution >= 0.6 is 0 Å². The number of carbonyl (C=O) groups is 1. The van der Waals surface area contributed by atoms with Crippen LogP contribution in [0.5, 0.6) is 0 Å². The highest BCUT2D eigenvalue weighted by atomic mass is 16.5. The Bertz CT molecular complexity index is 828. The Morgan fingerprint density at radius 1 is 1.00 bits per heavy atom. The van der Waals surface area contributed by atoms with Gasteiger partial charge in [0.15, 0.2) is 0 Å². The molecule has 1 atom stereocenters. The van der Waals surface area contributed by atoms with Gasteiger partial charge in [-0.2, -0.15) is 0 Å². The van der Waals surface area contributed by atoms with Gasteiger partial charge in [0.25, 0.3) is 0 Å². The van der Waals surface area contributed by atoms with Crippen molar-refractivity contribution in [2.24, 2.45) is 0 Å². The minimum atomic E-state index is -0.393. The zero-order valence-electron chi connectivity index (χ0n) is 15.7. The van der Waals surface area contributed by atoms with E-state index in [1.165, 1.54) is 0 Å². The third-order valence-corrected chi connectivity index (χ3v) is 4.52. The monoisotopic (exact) mass is 362 g/mol. The first kappa shape index (κ1) is 18.8. The van der Waals surface area contributed by atoms with Crippen LogP contribution in [0.1, 0.15) is 43.5 Å². The Balaban J connectivity index is 1.65. The lowest BCUT2D eigenvalue weighted by Crippen LogP contribution is -2.29. The smallest absolute Gasteiger partial charge is 0.408 e. The summed E-state index contributed by atoms with van der Waals surface area (Å²) in [5, 5.41) is 3.01. The van der Waals surface area contributed by atoms with Crippen LogP contribution < -0.4 is 5.32 Å². The maximum Gasteiger partial charge on any atom is 0.408 e. The summed E-state index contributed by atoms with van der Waals surface area (Å²) < 4.78 is 5.39. The van der Waals surface area contributed by atoms with E-state index < -0.39 is 6.09 Å². The first-order chi connectivity index (χ1) is 13.3. The molecule has 0 bridgehead atoms. The Morgan fingerprint density at radius 3 is 2.41 bits per heavy atom. The molecule has 2 N–H and O–H groups in total. The van der Waals surface area contributed by atoms with E-state index in [0.717, 1.165) is 41.8 Å². The molecule has 3 aromatic rings. The molecule has 0 saturated heterocycles. The molecule has 0 aliphatic rings. The van der Waals surface area contributed by atoms with Crippen LogP contribution in [0.25, 0.3) is 11.3 Å². The highest BCUT2D eigenvalue weighted by Crippen LogP contribution is 2.24. The van der Waals surface area contributed by atoms with Crippen LogP contribution in [-0.2, 0) is 11.3 Å².